The smallest absolute Gasteiger partial charge is 0.475 e. The van der Waals surface area contributed by atoms with Crippen LogP contribution in [0, 0.1) is 11.8 Å². The Balaban J connectivity index is 0.000000286. The zero-order chi connectivity index (χ0) is 27.8. The van der Waals surface area contributed by atoms with E-state index in [2.05, 4.69) is 15.1 Å². The van der Waals surface area contributed by atoms with Crippen molar-refractivity contribution in [1.82, 2.24) is 15.1 Å². The van der Waals surface area contributed by atoms with Crippen molar-refractivity contribution in [3.8, 4) is 0 Å². The number of nitrogens with one attached hydrogen (secondary N) is 1. The molecule has 0 aromatic carbocycles. The van der Waals surface area contributed by atoms with Gasteiger partial charge in [0, 0.05) is 24.5 Å². The summed E-state index contributed by atoms with van der Waals surface area (Å²) in [6.07, 6.45) is 1.28. The third kappa shape index (κ3) is 11.5. The molecule has 3 N–H and O–H groups in total. The lowest BCUT2D eigenvalue weighted by Gasteiger charge is -2.42. The Morgan fingerprint density at radius 2 is 1.19 bits per heavy atom. The third-order valence-electron chi connectivity index (χ3n) is 7.12. The van der Waals surface area contributed by atoms with Gasteiger partial charge in [-0.05, 0) is 89.9 Å². The van der Waals surface area contributed by atoms with Crippen molar-refractivity contribution in [3.63, 3.8) is 0 Å². The van der Waals surface area contributed by atoms with Crippen molar-refractivity contribution in [3.05, 3.63) is 0 Å². The molecule has 4 rings (SSSR count). The van der Waals surface area contributed by atoms with Crippen molar-refractivity contribution in [2.45, 2.75) is 82.2 Å². The number of likely N-dealkylation sites (tertiary alicyclic amines) is 2. The second-order valence-electron chi connectivity index (χ2n) is 10.0. The molecule has 8 nitrogen and oxygen atoms in total. The molecule has 37 heavy (non-hydrogen) atoms. The summed E-state index contributed by atoms with van der Waals surface area (Å²) in [5, 5.41) is 17.5. The van der Waals surface area contributed by atoms with E-state index in [1.165, 1.54) is 64.6 Å². The van der Waals surface area contributed by atoms with E-state index in [9.17, 15) is 31.1 Å². The van der Waals surface area contributed by atoms with Crippen LogP contribution in [0.5, 0.6) is 0 Å². The zero-order valence-electron chi connectivity index (χ0n) is 20.5. The summed E-state index contributed by atoms with van der Waals surface area (Å²) in [7, 11) is 0. The second-order valence-corrected chi connectivity index (χ2v) is 10.0. The predicted octanol–water partition coefficient (Wildman–Crippen LogP) is 3.51. The van der Waals surface area contributed by atoms with Crippen LogP contribution in [-0.2, 0) is 14.4 Å². The third-order valence-corrected chi connectivity index (χ3v) is 7.12. The number of amides is 1. The molecule has 0 aromatic heterocycles. The van der Waals surface area contributed by atoms with Gasteiger partial charge in [0.15, 0.2) is 0 Å². The molecule has 1 amide bonds. The Hall–Kier alpha value is -2.09. The molecule has 0 bridgehead atoms. The van der Waals surface area contributed by atoms with Crippen LogP contribution in [0.15, 0.2) is 0 Å². The molecule has 2 heterocycles. The monoisotopic (exact) mass is 547 g/mol. The number of hydrogen-bond acceptors (Lipinski definition) is 5. The Kier molecular flexibility index (Phi) is 11.5. The summed E-state index contributed by atoms with van der Waals surface area (Å²) in [4.78, 5) is 35.5. The van der Waals surface area contributed by atoms with Crippen molar-refractivity contribution >= 4 is 17.8 Å². The van der Waals surface area contributed by atoms with E-state index in [-0.39, 0.29) is 5.92 Å². The number of aliphatic carboxylic acids is 2. The van der Waals surface area contributed by atoms with Crippen LogP contribution >= 0.6 is 0 Å². The van der Waals surface area contributed by atoms with E-state index in [4.69, 9.17) is 19.8 Å². The number of alkyl halides is 6. The number of piperidine rings is 2. The fourth-order valence-electron chi connectivity index (χ4n) is 4.53. The van der Waals surface area contributed by atoms with E-state index < -0.39 is 24.3 Å². The lowest BCUT2D eigenvalue weighted by Crippen LogP contribution is -2.50. The average molecular weight is 548 g/mol. The van der Waals surface area contributed by atoms with Crippen molar-refractivity contribution in [2.75, 3.05) is 32.7 Å². The number of carboxylic acid groups (broad SMARTS) is 2. The maximum Gasteiger partial charge on any atom is 0.490 e. The zero-order valence-corrected chi connectivity index (χ0v) is 20.5. The standard InChI is InChI=1S/C19H33N3O.2C2HF3O2/c23-19(20-17-2-1-3-17)16-6-12-22(13-7-16)18-8-10-21(11-9-18)14-15-4-5-15;2*3-2(4,5)1(6)7/h15-18H,1-14H2,(H,20,23);2*(H,6,7). The molecule has 0 radical (unpaired) electrons. The SMILES string of the molecule is O=C(NC1CCC1)C1CCN(C2CCN(CC3CC3)CC2)CC1.O=C(O)C(F)(F)F.O=C(O)C(F)(F)F. The van der Waals surface area contributed by atoms with Crippen LogP contribution in [0.2, 0.25) is 0 Å². The van der Waals surface area contributed by atoms with Gasteiger partial charge in [-0.3, -0.25) is 4.79 Å². The van der Waals surface area contributed by atoms with Crippen molar-refractivity contribution in [1.29, 1.82) is 0 Å². The number of hydrogen-bond donors (Lipinski definition) is 3. The molecule has 2 aliphatic carbocycles. The molecule has 2 aliphatic heterocycles. The fraction of sp³-hybridized carbons (Fsp3) is 0.870. The number of halogens is 6. The minimum Gasteiger partial charge on any atom is -0.475 e. The topological polar surface area (TPSA) is 110 Å². The Labute approximate surface area is 211 Å². The Bertz CT molecular complexity index is 731. The largest absolute Gasteiger partial charge is 0.490 e. The highest BCUT2D eigenvalue weighted by molar-refractivity contribution is 5.79. The van der Waals surface area contributed by atoms with Gasteiger partial charge in [0.2, 0.25) is 5.91 Å². The van der Waals surface area contributed by atoms with Gasteiger partial charge in [0.25, 0.3) is 0 Å². The second kappa shape index (κ2) is 13.6. The van der Waals surface area contributed by atoms with Gasteiger partial charge in [-0.15, -0.1) is 0 Å². The van der Waals surface area contributed by atoms with E-state index in [1.807, 2.05) is 0 Å². The number of carboxylic acids is 2. The molecule has 2 saturated carbocycles. The van der Waals surface area contributed by atoms with Crippen LogP contribution < -0.4 is 5.32 Å². The maximum atomic E-state index is 12.3. The van der Waals surface area contributed by atoms with Gasteiger partial charge < -0.3 is 25.3 Å². The Morgan fingerprint density at radius 3 is 1.54 bits per heavy atom. The maximum absolute atomic E-state index is 12.3. The summed E-state index contributed by atoms with van der Waals surface area (Å²) in [6, 6.07) is 1.28. The molecule has 0 aromatic rings. The fourth-order valence-corrected chi connectivity index (χ4v) is 4.53. The molecule has 214 valence electrons. The van der Waals surface area contributed by atoms with Crippen LogP contribution in [0.25, 0.3) is 0 Å². The van der Waals surface area contributed by atoms with Gasteiger partial charge in [-0.1, -0.05) is 0 Å². The summed E-state index contributed by atoms with van der Waals surface area (Å²) in [6.45, 7) is 6.22. The number of rotatable bonds is 5. The average Bonchev–Trinajstić information content (AvgIpc) is 3.60. The summed E-state index contributed by atoms with van der Waals surface area (Å²) >= 11 is 0. The first-order valence-corrected chi connectivity index (χ1v) is 12.5. The first-order chi connectivity index (χ1) is 17.2. The van der Waals surface area contributed by atoms with Gasteiger partial charge in [0.05, 0.1) is 0 Å². The molecular weight excluding hydrogens is 512 g/mol. The van der Waals surface area contributed by atoms with E-state index in [0.29, 0.717) is 11.9 Å². The van der Waals surface area contributed by atoms with Crippen molar-refractivity contribution in [2.24, 2.45) is 11.8 Å². The minimum atomic E-state index is -5.08. The first kappa shape index (κ1) is 31.1. The summed E-state index contributed by atoms with van der Waals surface area (Å²) in [5.74, 6) is -3.87. The van der Waals surface area contributed by atoms with Crippen LogP contribution in [0.1, 0.15) is 57.8 Å². The molecule has 0 atom stereocenters. The lowest BCUT2D eigenvalue weighted by molar-refractivity contribution is -0.193. The van der Waals surface area contributed by atoms with Crippen LogP contribution in [-0.4, -0.2) is 95.0 Å². The minimum absolute atomic E-state index is 0.279. The molecule has 4 aliphatic rings. The van der Waals surface area contributed by atoms with Gasteiger partial charge in [-0.2, -0.15) is 26.3 Å². The van der Waals surface area contributed by atoms with E-state index in [1.54, 1.807) is 0 Å². The lowest BCUT2D eigenvalue weighted by atomic mass is 9.89. The van der Waals surface area contributed by atoms with Crippen LogP contribution in [0.4, 0.5) is 26.3 Å². The van der Waals surface area contributed by atoms with E-state index >= 15 is 0 Å². The molecule has 2 saturated heterocycles. The quantitative estimate of drug-likeness (QED) is 0.452. The van der Waals surface area contributed by atoms with Crippen molar-refractivity contribution < 1.29 is 50.9 Å². The van der Waals surface area contributed by atoms with Crippen LogP contribution in [0.3, 0.4) is 0 Å². The molecule has 14 heteroatoms. The number of nitrogens with zero attached hydrogens (tertiary/aromatic N) is 2. The van der Waals surface area contributed by atoms with Gasteiger partial charge in [0.1, 0.15) is 0 Å². The van der Waals surface area contributed by atoms with Gasteiger partial charge in [-0.25, -0.2) is 9.59 Å². The first-order valence-electron chi connectivity index (χ1n) is 12.5. The molecule has 0 spiro atoms. The predicted molar refractivity (Wildman–Crippen MR) is 120 cm³/mol. The summed E-state index contributed by atoms with van der Waals surface area (Å²) in [5.41, 5.74) is 0. The number of carbonyl (C=O) groups excluding carboxylic acids is 1. The highest BCUT2D eigenvalue weighted by atomic mass is 19.4. The normalized spacial score (nSPS) is 22.5. The highest BCUT2D eigenvalue weighted by Crippen LogP contribution is 2.31. The van der Waals surface area contributed by atoms with Gasteiger partial charge >= 0.3 is 24.3 Å². The highest BCUT2D eigenvalue weighted by Gasteiger charge is 2.39. The molecule has 0 unspecified atom stereocenters. The van der Waals surface area contributed by atoms with E-state index in [0.717, 1.165) is 37.9 Å². The molecule has 4 fully saturated rings. The Morgan fingerprint density at radius 1 is 0.730 bits per heavy atom. The summed E-state index contributed by atoms with van der Waals surface area (Å²) < 4.78 is 63.5. The number of carbonyl (C=O) groups is 3. The molecular formula is C23H35F6N3O5.